The Morgan fingerprint density at radius 3 is 2.00 bits per heavy atom. The first kappa shape index (κ1) is 22.5. The summed E-state index contributed by atoms with van der Waals surface area (Å²) in [5, 5.41) is 0. The summed E-state index contributed by atoms with van der Waals surface area (Å²) in [7, 11) is 0. The molecule has 0 atom stereocenters. The molecule has 0 N–H and O–H groups in total. The molecule has 1 heterocycles. The molecule has 1 aliphatic carbocycles. The van der Waals surface area contributed by atoms with Gasteiger partial charge in [-0.05, 0) is 60.8 Å². The van der Waals surface area contributed by atoms with Crippen LogP contribution in [-0.4, -0.2) is 9.97 Å². The van der Waals surface area contributed by atoms with Gasteiger partial charge in [0.05, 0.1) is 0 Å². The van der Waals surface area contributed by atoms with Gasteiger partial charge in [0.1, 0.15) is 0 Å². The molecular formula is C27H29F3N2. The number of hydrogen-bond acceptors (Lipinski definition) is 2. The van der Waals surface area contributed by atoms with Crippen molar-refractivity contribution in [2.45, 2.75) is 64.2 Å². The van der Waals surface area contributed by atoms with Gasteiger partial charge in [-0.25, -0.2) is 23.1 Å². The van der Waals surface area contributed by atoms with Crippen molar-refractivity contribution in [3.63, 3.8) is 0 Å². The number of nitrogens with zero attached hydrogens (tertiary/aromatic N) is 2. The van der Waals surface area contributed by atoms with Crippen LogP contribution in [0.4, 0.5) is 13.2 Å². The maximum atomic E-state index is 13.5. The van der Waals surface area contributed by atoms with Gasteiger partial charge in [0.2, 0.25) is 0 Å². The van der Waals surface area contributed by atoms with Crippen molar-refractivity contribution in [1.82, 2.24) is 9.97 Å². The van der Waals surface area contributed by atoms with Crippen molar-refractivity contribution >= 4 is 0 Å². The molecule has 0 spiro atoms. The van der Waals surface area contributed by atoms with Crippen molar-refractivity contribution in [2.75, 3.05) is 0 Å². The number of hydrogen-bond donors (Lipinski definition) is 0. The molecule has 1 aliphatic rings. The number of halogens is 3. The van der Waals surface area contributed by atoms with Crippen molar-refractivity contribution in [3.05, 3.63) is 71.8 Å². The molecule has 2 aromatic carbocycles. The third-order valence-electron chi connectivity index (χ3n) is 6.67. The van der Waals surface area contributed by atoms with Gasteiger partial charge in [-0.1, -0.05) is 56.9 Å². The first-order valence-corrected chi connectivity index (χ1v) is 11.6. The number of benzene rings is 2. The Kier molecular flexibility index (Phi) is 7.23. The first-order chi connectivity index (χ1) is 15.5. The van der Waals surface area contributed by atoms with Gasteiger partial charge in [0.25, 0.3) is 0 Å². The number of aromatic nitrogens is 2. The molecule has 168 valence electrons. The second-order valence-corrected chi connectivity index (χ2v) is 8.88. The van der Waals surface area contributed by atoms with E-state index in [0.29, 0.717) is 5.92 Å². The standard InChI is InChI=1S/C27H29F3N2/c1-2-3-4-5-18-6-8-19(9-7-18)20-10-12-21(13-11-20)23-16-31-27(32-17-23)22-14-24(28)26(30)25(29)15-22/h10-19H,2-9H2,1H3/t18-,19-. The zero-order chi connectivity index (χ0) is 22.5. The van der Waals surface area contributed by atoms with Gasteiger partial charge < -0.3 is 0 Å². The fraction of sp³-hybridized carbons (Fsp3) is 0.407. The fourth-order valence-electron chi connectivity index (χ4n) is 4.73. The molecule has 4 rings (SSSR count). The zero-order valence-electron chi connectivity index (χ0n) is 18.5. The van der Waals surface area contributed by atoms with E-state index in [4.69, 9.17) is 0 Å². The smallest absolute Gasteiger partial charge is 0.194 e. The quantitative estimate of drug-likeness (QED) is 0.275. The van der Waals surface area contributed by atoms with Crippen LogP contribution in [-0.2, 0) is 0 Å². The van der Waals surface area contributed by atoms with Crippen LogP contribution >= 0.6 is 0 Å². The molecule has 1 fully saturated rings. The highest BCUT2D eigenvalue weighted by Crippen LogP contribution is 2.38. The van der Waals surface area contributed by atoms with Crippen LogP contribution in [0.1, 0.15) is 69.8 Å². The molecule has 0 radical (unpaired) electrons. The van der Waals surface area contributed by atoms with E-state index < -0.39 is 17.5 Å². The maximum Gasteiger partial charge on any atom is 0.194 e. The summed E-state index contributed by atoms with van der Waals surface area (Å²) in [6.45, 7) is 2.26. The van der Waals surface area contributed by atoms with Gasteiger partial charge in [-0.3, -0.25) is 0 Å². The highest BCUT2D eigenvalue weighted by atomic mass is 19.2. The van der Waals surface area contributed by atoms with Crippen LogP contribution in [0.5, 0.6) is 0 Å². The lowest BCUT2D eigenvalue weighted by molar-refractivity contribution is 0.303. The van der Waals surface area contributed by atoms with Crippen LogP contribution < -0.4 is 0 Å². The Bertz CT molecular complexity index is 1000. The van der Waals surface area contributed by atoms with E-state index in [1.165, 1.54) is 56.9 Å². The molecular weight excluding hydrogens is 409 g/mol. The molecule has 0 aliphatic heterocycles. The Balaban J connectivity index is 1.39. The molecule has 3 aromatic rings. The maximum absolute atomic E-state index is 13.5. The van der Waals surface area contributed by atoms with E-state index in [-0.39, 0.29) is 11.4 Å². The van der Waals surface area contributed by atoms with Crippen molar-refractivity contribution in [2.24, 2.45) is 5.92 Å². The van der Waals surface area contributed by atoms with Crippen molar-refractivity contribution in [1.29, 1.82) is 0 Å². The summed E-state index contributed by atoms with van der Waals surface area (Å²) in [5.74, 6) is -2.31. The Morgan fingerprint density at radius 1 is 0.781 bits per heavy atom. The average Bonchev–Trinajstić information content (AvgIpc) is 2.83. The summed E-state index contributed by atoms with van der Waals surface area (Å²) in [5.41, 5.74) is 3.30. The van der Waals surface area contributed by atoms with Crippen LogP contribution in [0, 0.1) is 23.4 Å². The first-order valence-electron chi connectivity index (χ1n) is 11.6. The highest BCUT2D eigenvalue weighted by molar-refractivity contribution is 5.64. The minimum Gasteiger partial charge on any atom is -0.236 e. The second-order valence-electron chi connectivity index (χ2n) is 8.88. The number of rotatable bonds is 7. The summed E-state index contributed by atoms with van der Waals surface area (Å²) in [4.78, 5) is 8.44. The van der Waals surface area contributed by atoms with E-state index >= 15 is 0 Å². The van der Waals surface area contributed by atoms with E-state index in [1.54, 1.807) is 12.4 Å². The number of unbranched alkanes of at least 4 members (excludes halogenated alkanes) is 2. The molecule has 0 amide bonds. The molecule has 0 bridgehead atoms. The fourth-order valence-corrected chi connectivity index (χ4v) is 4.73. The molecule has 0 saturated heterocycles. The Labute approximate surface area is 187 Å². The lowest BCUT2D eigenvalue weighted by atomic mass is 9.77. The van der Waals surface area contributed by atoms with E-state index in [2.05, 4.69) is 41.2 Å². The third-order valence-corrected chi connectivity index (χ3v) is 6.67. The van der Waals surface area contributed by atoms with Gasteiger partial charge in [-0.2, -0.15) is 0 Å². The molecule has 1 aromatic heterocycles. The predicted octanol–water partition coefficient (Wildman–Crippen LogP) is 8.08. The summed E-state index contributed by atoms with van der Waals surface area (Å²) >= 11 is 0. The van der Waals surface area contributed by atoms with E-state index in [1.807, 2.05) is 0 Å². The van der Waals surface area contributed by atoms with E-state index in [9.17, 15) is 13.2 Å². The van der Waals surface area contributed by atoms with Gasteiger partial charge in [-0.15, -0.1) is 0 Å². The van der Waals surface area contributed by atoms with Crippen molar-refractivity contribution < 1.29 is 13.2 Å². The predicted molar refractivity (Wildman–Crippen MR) is 122 cm³/mol. The minimum absolute atomic E-state index is 0.105. The van der Waals surface area contributed by atoms with E-state index in [0.717, 1.165) is 29.2 Å². The van der Waals surface area contributed by atoms with Crippen LogP contribution in [0.15, 0.2) is 48.8 Å². The minimum atomic E-state index is -1.49. The Hall–Kier alpha value is -2.69. The van der Waals surface area contributed by atoms with Crippen LogP contribution in [0.3, 0.4) is 0 Å². The summed E-state index contributed by atoms with van der Waals surface area (Å²) in [6.07, 6.45) is 13.8. The largest absolute Gasteiger partial charge is 0.236 e. The summed E-state index contributed by atoms with van der Waals surface area (Å²) < 4.78 is 40.1. The monoisotopic (exact) mass is 438 g/mol. The molecule has 1 saturated carbocycles. The third kappa shape index (κ3) is 5.20. The van der Waals surface area contributed by atoms with Gasteiger partial charge >= 0.3 is 0 Å². The lowest BCUT2D eigenvalue weighted by Crippen LogP contribution is -2.13. The molecule has 0 unspecified atom stereocenters. The zero-order valence-corrected chi connectivity index (χ0v) is 18.5. The molecule has 2 nitrogen and oxygen atoms in total. The Morgan fingerprint density at radius 2 is 1.41 bits per heavy atom. The van der Waals surface area contributed by atoms with Gasteiger partial charge in [0, 0.05) is 23.5 Å². The van der Waals surface area contributed by atoms with Crippen molar-refractivity contribution in [3.8, 4) is 22.5 Å². The highest BCUT2D eigenvalue weighted by Gasteiger charge is 2.22. The SMILES string of the molecule is CCCCC[C@H]1CC[C@H](c2ccc(-c3cnc(-c4cc(F)c(F)c(F)c4)nc3)cc2)CC1. The second kappa shape index (κ2) is 10.3. The summed E-state index contributed by atoms with van der Waals surface area (Å²) in [6, 6.07) is 10.4. The molecule has 32 heavy (non-hydrogen) atoms. The van der Waals surface area contributed by atoms with Gasteiger partial charge in [0.15, 0.2) is 23.3 Å². The van der Waals surface area contributed by atoms with Crippen LogP contribution in [0.25, 0.3) is 22.5 Å². The average molecular weight is 439 g/mol. The normalized spacial score (nSPS) is 18.6. The topological polar surface area (TPSA) is 25.8 Å². The molecule has 5 heteroatoms. The lowest BCUT2D eigenvalue weighted by Gasteiger charge is -2.29. The van der Waals surface area contributed by atoms with Crippen LogP contribution in [0.2, 0.25) is 0 Å².